The van der Waals surface area contributed by atoms with E-state index in [0.717, 1.165) is 103 Å². The van der Waals surface area contributed by atoms with Crippen molar-refractivity contribution >= 4 is 19.8 Å². The molecule has 10 heteroatoms. The molecule has 0 aromatic carbocycles. The molecule has 0 radical (unpaired) electrons. The van der Waals surface area contributed by atoms with Crippen molar-refractivity contribution in [2.75, 3.05) is 47.5 Å². The summed E-state index contributed by atoms with van der Waals surface area (Å²) in [6.45, 7) is 4.29. The number of rotatable bonds is 62. The summed E-state index contributed by atoms with van der Waals surface area (Å²) < 4.78 is 34.7. The maximum absolute atomic E-state index is 12.9. The molecule has 0 aromatic heterocycles. The first-order valence-corrected chi connectivity index (χ1v) is 35.8. The van der Waals surface area contributed by atoms with E-state index in [1.807, 2.05) is 21.1 Å². The van der Waals surface area contributed by atoms with Crippen LogP contribution < -0.4 is 0 Å². The molecule has 0 saturated carbocycles. The number of esters is 2. The quantitative estimate of drug-likeness (QED) is 0.0211. The van der Waals surface area contributed by atoms with Crippen molar-refractivity contribution in [1.29, 1.82) is 0 Å². The van der Waals surface area contributed by atoms with Crippen LogP contribution >= 0.6 is 7.82 Å². The molecule has 0 aromatic rings. The van der Waals surface area contributed by atoms with Gasteiger partial charge in [-0.3, -0.25) is 18.6 Å². The molecular formula is C74H129NO8P+. The molecule has 2 unspecified atom stereocenters. The zero-order valence-corrected chi connectivity index (χ0v) is 55.7. The van der Waals surface area contributed by atoms with Gasteiger partial charge in [0.2, 0.25) is 0 Å². The Labute approximate surface area is 518 Å². The van der Waals surface area contributed by atoms with E-state index in [2.05, 4.69) is 135 Å². The number of likely N-dealkylation sites (N-methyl/N-ethyl adjacent to an activating group) is 1. The van der Waals surface area contributed by atoms with E-state index in [0.29, 0.717) is 17.4 Å². The van der Waals surface area contributed by atoms with Crippen LogP contribution in [-0.2, 0) is 32.7 Å². The number of phosphoric ester groups is 1. The summed E-state index contributed by atoms with van der Waals surface area (Å²) in [6, 6.07) is 0. The van der Waals surface area contributed by atoms with Crippen LogP contribution in [0.25, 0.3) is 0 Å². The molecule has 9 nitrogen and oxygen atoms in total. The first-order chi connectivity index (χ1) is 41.0. The first kappa shape index (κ1) is 80.4. The summed E-state index contributed by atoms with van der Waals surface area (Å²) in [7, 11) is 1.45. The second kappa shape index (κ2) is 63.9. The Kier molecular flexibility index (Phi) is 61.2. The predicted molar refractivity (Wildman–Crippen MR) is 362 cm³/mol. The van der Waals surface area contributed by atoms with E-state index in [4.69, 9.17) is 18.5 Å². The van der Waals surface area contributed by atoms with Gasteiger partial charge in [0, 0.05) is 12.8 Å². The van der Waals surface area contributed by atoms with Gasteiger partial charge in [-0.25, -0.2) is 4.57 Å². The summed E-state index contributed by atoms with van der Waals surface area (Å²) in [4.78, 5) is 35.8. The Hall–Kier alpha value is -3.59. The lowest BCUT2D eigenvalue weighted by Gasteiger charge is -2.24. The van der Waals surface area contributed by atoms with Gasteiger partial charge in [-0.2, -0.15) is 0 Å². The number of hydrogen-bond acceptors (Lipinski definition) is 7. The molecule has 0 aliphatic carbocycles. The second-order valence-corrected chi connectivity index (χ2v) is 25.3. The molecule has 0 fully saturated rings. The number of ether oxygens (including phenoxy) is 2. The van der Waals surface area contributed by atoms with Gasteiger partial charge in [0.1, 0.15) is 19.8 Å². The minimum atomic E-state index is -4.41. The highest BCUT2D eigenvalue weighted by Gasteiger charge is 2.27. The third kappa shape index (κ3) is 67.5. The lowest BCUT2D eigenvalue weighted by atomic mass is 10.0. The van der Waals surface area contributed by atoms with Crippen LogP contribution in [0.2, 0.25) is 0 Å². The van der Waals surface area contributed by atoms with Crippen LogP contribution in [0.4, 0.5) is 0 Å². The summed E-state index contributed by atoms with van der Waals surface area (Å²) in [5.41, 5.74) is 0. The molecule has 0 heterocycles. The van der Waals surface area contributed by atoms with Crippen LogP contribution in [0.15, 0.2) is 122 Å². The molecule has 2 atom stereocenters. The highest BCUT2D eigenvalue weighted by molar-refractivity contribution is 7.47. The summed E-state index contributed by atoms with van der Waals surface area (Å²) >= 11 is 0. The lowest BCUT2D eigenvalue weighted by molar-refractivity contribution is -0.870. The number of unbranched alkanes of at least 4 members (excludes halogenated alkanes) is 28. The number of allylic oxidation sites excluding steroid dienone is 20. The van der Waals surface area contributed by atoms with Gasteiger partial charge in [-0.1, -0.05) is 283 Å². The van der Waals surface area contributed by atoms with Crippen molar-refractivity contribution in [3.8, 4) is 0 Å². The lowest BCUT2D eigenvalue weighted by Crippen LogP contribution is -2.37. The fraction of sp³-hybridized carbons (Fsp3) is 0.703. The largest absolute Gasteiger partial charge is 0.472 e. The molecule has 0 bridgehead atoms. The molecule has 0 rings (SSSR count). The molecule has 0 amide bonds. The summed E-state index contributed by atoms with van der Waals surface area (Å²) in [6.07, 6.45) is 91.5. The highest BCUT2D eigenvalue weighted by Crippen LogP contribution is 2.43. The Bertz CT molecular complexity index is 1830. The standard InChI is InChI=1S/C74H128NO8P/c1-6-8-10-12-14-16-18-20-22-24-26-28-30-32-34-36-37-39-40-42-44-46-48-50-52-54-56-58-60-62-64-66-73(76)80-70-72(71-82-84(78,79)81-69-68-75(3,4)5)83-74(77)67-65-63-61-59-57-55-53-51-49-47-45-43-41-38-35-33-31-29-27-25-23-21-19-17-15-13-11-9-7-2/h9,11,15,17-18,20-21,23-24,26-27,29,33,35,41,43,47,49,53,55,72H,6-8,10,12-14,16,19,22,25,28,30-32,34,36-40,42,44-46,48,50-52,54,56-71H2,1-5H3/p+1/b11-9-,17-15-,20-18-,23-21-,26-24-,29-27-,35-33-,43-41-,49-47-,55-53-. The van der Waals surface area contributed by atoms with Crippen molar-refractivity contribution in [3.63, 3.8) is 0 Å². The Balaban J connectivity index is 4.13. The molecule has 84 heavy (non-hydrogen) atoms. The topological polar surface area (TPSA) is 108 Å². The summed E-state index contributed by atoms with van der Waals surface area (Å²) in [5.74, 6) is -0.826. The van der Waals surface area contributed by atoms with Gasteiger partial charge in [0.25, 0.3) is 0 Å². The van der Waals surface area contributed by atoms with E-state index in [1.54, 1.807) is 0 Å². The molecule has 1 N–H and O–H groups in total. The number of hydrogen-bond donors (Lipinski definition) is 1. The number of carbonyl (C=O) groups is 2. The monoisotopic (exact) mass is 1190 g/mol. The first-order valence-electron chi connectivity index (χ1n) is 34.3. The van der Waals surface area contributed by atoms with Gasteiger partial charge < -0.3 is 18.9 Å². The number of nitrogens with zero attached hydrogens (tertiary/aromatic N) is 1. The molecule has 0 aliphatic rings. The predicted octanol–water partition coefficient (Wildman–Crippen LogP) is 22.3. The molecule has 0 spiro atoms. The van der Waals surface area contributed by atoms with Crippen LogP contribution in [0.3, 0.4) is 0 Å². The van der Waals surface area contributed by atoms with Gasteiger partial charge in [0.15, 0.2) is 6.10 Å². The van der Waals surface area contributed by atoms with Gasteiger partial charge in [-0.15, -0.1) is 0 Å². The Morgan fingerprint density at radius 2 is 0.679 bits per heavy atom. The van der Waals surface area contributed by atoms with Crippen molar-refractivity contribution in [1.82, 2.24) is 0 Å². The molecule has 0 saturated heterocycles. The smallest absolute Gasteiger partial charge is 0.462 e. The van der Waals surface area contributed by atoms with E-state index in [1.165, 1.54) is 148 Å². The Morgan fingerprint density at radius 1 is 0.381 bits per heavy atom. The zero-order valence-electron chi connectivity index (χ0n) is 54.9. The number of quaternary nitrogens is 1. The molecular weight excluding hydrogens is 1060 g/mol. The number of phosphoric acid groups is 1. The van der Waals surface area contributed by atoms with Gasteiger partial charge in [0.05, 0.1) is 27.7 Å². The normalized spacial score (nSPS) is 13.9. The average Bonchev–Trinajstić information content (AvgIpc) is 3.61. The SMILES string of the molecule is CC/C=C\C/C=C\C/C=C\C/C=C\C/C=C\C/C=C\C/C=C\C/C=C\CCCCCCC(=O)OC(COC(=O)CCCCCCCCCCCCCCCCCCCCC/C=C\C/C=C\CCCCCCC)COP(=O)(O)OCC[N+](C)(C)C. The Morgan fingerprint density at radius 3 is 1.01 bits per heavy atom. The van der Waals surface area contributed by atoms with Crippen molar-refractivity contribution in [3.05, 3.63) is 122 Å². The molecule has 0 aliphatic heterocycles. The second-order valence-electron chi connectivity index (χ2n) is 23.8. The van der Waals surface area contributed by atoms with Crippen LogP contribution in [0, 0.1) is 0 Å². The van der Waals surface area contributed by atoms with Crippen molar-refractivity contribution in [2.45, 2.75) is 290 Å². The van der Waals surface area contributed by atoms with E-state index in [-0.39, 0.29) is 32.0 Å². The fourth-order valence-corrected chi connectivity index (χ4v) is 9.98. The van der Waals surface area contributed by atoms with Crippen LogP contribution in [0.5, 0.6) is 0 Å². The fourth-order valence-electron chi connectivity index (χ4n) is 9.24. The maximum atomic E-state index is 12.9. The third-order valence-corrected chi connectivity index (χ3v) is 15.5. The average molecular weight is 1190 g/mol. The minimum absolute atomic E-state index is 0.0210. The van der Waals surface area contributed by atoms with E-state index in [9.17, 15) is 19.0 Å². The van der Waals surface area contributed by atoms with Gasteiger partial charge in [-0.05, 0) is 109 Å². The van der Waals surface area contributed by atoms with E-state index >= 15 is 0 Å². The minimum Gasteiger partial charge on any atom is -0.462 e. The maximum Gasteiger partial charge on any atom is 0.472 e. The third-order valence-electron chi connectivity index (χ3n) is 14.5. The van der Waals surface area contributed by atoms with Crippen LogP contribution in [-0.4, -0.2) is 74.9 Å². The van der Waals surface area contributed by atoms with Crippen molar-refractivity contribution < 1.29 is 42.1 Å². The molecule has 482 valence electrons. The van der Waals surface area contributed by atoms with Gasteiger partial charge >= 0.3 is 19.8 Å². The van der Waals surface area contributed by atoms with Crippen molar-refractivity contribution in [2.24, 2.45) is 0 Å². The van der Waals surface area contributed by atoms with Crippen LogP contribution in [0.1, 0.15) is 284 Å². The number of carbonyl (C=O) groups excluding carboxylic acids is 2. The summed E-state index contributed by atoms with van der Waals surface area (Å²) in [5, 5.41) is 0. The highest BCUT2D eigenvalue weighted by atomic mass is 31.2. The zero-order chi connectivity index (χ0) is 61.2. The van der Waals surface area contributed by atoms with E-state index < -0.39 is 26.5 Å².